The third-order valence-electron chi connectivity index (χ3n) is 23.0. The number of aryl methyl sites for hydroxylation is 3. The van der Waals surface area contributed by atoms with Gasteiger partial charge in [0.05, 0.1) is 55.3 Å². The van der Waals surface area contributed by atoms with Crippen LogP contribution in [0.3, 0.4) is 0 Å². The standard InChI is InChI=1S/C32H36N4O3Si.C26H22N4O2.C25H36BN3O4Si.C13H12BrNO.C7H18OSi/c1-22-10-9-15-33-29(22)31(37)24-12-8-11-23(18-24)25-19-27-30(26-13-6-7-14-28(26)38-2)35-36(32(27)34-20-25)21-39-16-17-40(3,4)5;1-16-7-6-12-27-23(16)25(31)18-9-5-8-17(13-18)19-14-21-24(29-30-26(21)28-15-19)20-10-3-4-11-22(20)32-2;1-24(2)25(3,4)33-26(32-24)18-15-20-22(19-11-9-10-12-21(19)30-5)28-29(23(20)27-16-18)17-31-13-14-34(6,7)8;1-9-4-3-7-15-12(9)13(16)10-5-2-6-11(14)8-10;1-5-8-6-7-9(2,3)4/h6-15,18-20,31,37H,16-17,21H2,1-5H3;3-15,25,31H,1-2H3,(H,28,29,30);9-12,15-16H,13-14,17H2,1-8H3;2-8,13,16H,1H3;5-7H2,1-4H3. The number of aliphatic hydroxyl groups is 3. The average Bonchev–Trinajstić information content (AvgIpc) is 1.57. The number of hydrogen-bond donors (Lipinski definition) is 4. The summed E-state index contributed by atoms with van der Waals surface area (Å²) in [6.45, 7) is 41.2. The van der Waals surface area contributed by atoms with E-state index in [4.69, 9.17) is 57.9 Å². The van der Waals surface area contributed by atoms with Gasteiger partial charge in [-0.15, -0.1) is 0 Å². The van der Waals surface area contributed by atoms with E-state index in [1.807, 2.05) is 231 Å². The lowest BCUT2D eigenvalue weighted by Gasteiger charge is -2.32. The van der Waals surface area contributed by atoms with Gasteiger partial charge in [0.25, 0.3) is 0 Å². The maximum absolute atomic E-state index is 11.1. The number of para-hydroxylation sites is 3. The lowest BCUT2D eigenvalue weighted by atomic mass is 9.80. The summed E-state index contributed by atoms with van der Waals surface area (Å²) in [5.41, 5.74) is 18.4. The number of H-pyrrole nitrogens is 1. The minimum atomic E-state index is -1.20. The van der Waals surface area contributed by atoms with E-state index < -0.39 is 60.9 Å². The first-order chi connectivity index (χ1) is 62.6. The van der Waals surface area contributed by atoms with Gasteiger partial charge in [-0.05, 0) is 215 Å². The number of ether oxygens (including phenoxy) is 6. The van der Waals surface area contributed by atoms with Gasteiger partial charge in [-0.2, -0.15) is 15.3 Å². The van der Waals surface area contributed by atoms with Gasteiger partial charge in [-0.25, -0.2) is 24.3 Å². The van der Waals surface area contributed by atoms with Crippen molar-refractivity contribution >= 4 is 85.8 Å². The van der Waals surface area contributed by atoms with E-state index in [-0.39, 0.29) is 0 Å². The van der Waals surface area contributed by atoms with E-state index in [1.165, 1.54) is 6.04 Å². The van der Waals surface area contributed by atoms with E-state index in [2.05, 4.69) is 151 Å². The number of pyridine rings is 6. The predicted molar refractivity (Wildman–Crippen MR) is 538 cm³/mol. The van der Waals surface area contributed by atoms with Crippen LogP contribution < -0.4 is 19.7 Å². The fraction of sp³-hybridized carbons (Fsp3) is 0.330. The number of halogens is 1. The van der Waals surface area contributed by atoms with Crippen LogP contribution in [0.25, 0.3) is 89.1 Å². The number of rotatable bonds is 29. The molecule has 9 aromatic heterocycles. The third kappa shape index (κ3) is 25.6. The second-order valence-electron chi connectivity index (χ2n) is 37.1. The largest absolute Gasteiger partial charge is 0.496 e. The molecule has 0 amide bonds. The Morgan fingerprint density at radius 3 is 1.24 bits per heavy atom. The molecule has 1 fully saturated rings. The van der Waals surface area contributed by atoms with Crippen molar-refractivity contribution in [3.8, 4) is 73.3 Å². The Hall–Kier alpha value is -11.1. The molecule has 4 N–H and O–H groups in total. The summed E-state index contributed by atoms with van der Waals surface area (Å²) in [6.07, 6.45) is 8.28. The molecule has 0 spiro atoms. The Morgan fingerprint density at radius 2 is 0.817 bits per heavy atom. The van der Waals surface area contributed by atoms with Crippen molar-refractivity contribution in [1.29, 1.82) is 0 Å². The molecule has 1 aliphatic rings. The van der Waals surface area contributed by atoms with E-state index in [0.29, 0.717) is 49.4 Å². The number of nitrogens with one attached hydrogen (secondary N) is 1. The van der Waals surface area contributed by atoms with Crippen molar-refractivity contribution in [3.63, 3.8) is 0 Å². The van der Waals surface area contributed by atoms with Crippen molar-refractivity contribution in [1.82, 2.24) is 59.7 Å². The first kappa shape index (κ1) is 98.9. The van der Waals surface area contributed by atoms with Crippen molar-refractivity contribution in [2.24, 2.45) is 0 Å². The van der Waals surface area contributed by atoms with E-state index in [9.17, 15) is 15.3 Å². The summed E-state index contributed by atoms with van der Waals surface area (Å²) in [5, 5.41) is 52.3. The van der Waals surface area contributed by atoms with Crippen LogP contribution >= 0.6 is 15.9 Å². The van der Waals surface area contributed by atoms with E-state index in [0.717, 1.165) is 169 Å². The molecule has 28 heteroatoms. The molecule has 3 atom stereocenters. The summed E-state index contributed by atoms with van der Waals surface area (Å²) < 4.78 is 51.3. The Morgan fingerprint density at radius 1 is 0.427 bits per heavy atom. The molecule has 23 nitrogen and oxygen atoms in total. The average molecular weight is 1880 g/mol. The molecule has 0 aliphatic carbocycles. The highest BCUT2D eigenvalue weighted by Crippen LogP contribution is 2.42. The van der Waals surface area contributed by atoms with Crippen molar-refractivity contribution in [3.05, 3.63) is 292 Å². The monoisotopic (exact) mass is 1880 g/mol. The Bertz CT molecular complexity index is 6320. The van der Waals surface area contributed by atoms with Crippen molar-refractivity contribution in [2.45, 2.75) is 175 Å². The normalized spacial score (nSPS) is 13.7. The predicted octanol–water partition coefficient (Wildman–Crippen LogP) is 22.3. The molecule has 10 heterocycles. The van der Waals surface area contributed by atoms with E-state index >= 15 is 0 Å². The van der Waals surface area contributed by atoms with Crippen LogP contribution in [0, 0.1) is 20.8 Å². The topological polar surface area (TPSA) is 276 Å². The quantitative estimate of drug-likeness (QED) is 0.0250. The molecule has 131 heavy (non-hydrogen) atoms. The zero-order valence-corrected chi connectivity index (χ0v) is 83.7. The summed E-state index contributed by atoms with van der Waals surface area (Å²) in [4.78, 5) is 27.2. The zero-order chi connectivity index (χ0) is 94.0. The number of aromatic amines is 1. The molecule has 0 radical (unpaired) electrons. The summed E-state index contributed by atoms with van der Waals surface area (Å²) in [5.74, 6) is 2.27. The molecule has 0 bridgehead atoms. The molecular weight excluding hydrogens is 1760 g/mol. The summed E-state index contributed by atoms with van der Waals surface area (Å²) >= 11 is 3.39. The van der Waals surface area contributed by atoms with Gasteiger partial charge in [0.2, 0.25) is 0 Å². The van der Waals surface area contributed by atoms with Gasteiger partial charge in [0.15, 0.2) is 16.9 Å². The lowest BCUT2D eigenvalue weighted by Crippen LogP contribution is -2.41. The smallest absolute Gasteiger partial charge is 0.496 e. The van der Waals surface area contributed by atoms with Crippen molar-refractivity contribution < 1.29 is 53.0 Å². The molecule has 1 aliphatic heterocycles. The minimum absolute atomic E-state index is 0.327. The van der Waals surface area contributed by atoms with Crippen molar-refractivity contribution in [2.75, 3.05) is 47.8 Å². The molecule has 684 valence electrons. The lowest BCUT2D eigenvalue weighted by molar-refractivity contribution is 0.00578. The fourth-order valence-electron chi connectivity index (χ4n) is 14.6. The number of aromatic nitrogens is 12. The van der Waals surface area contributed by atoms with Gasteiger partial charge < -0.3 is 53.0 Å². The van der Waals surface area contributed by atoms with Gasteiger partial charge in [0, 0.05) is 142 Å². The molecular formula is C103H124BBrN12O11Si3. The molecule has 3 unspecified atom stereocenters. The molecule has 15 aromatic rings. The van der Waals surface area contributed by atoms with Crippen LogP contribution in [-0.4, -0.2) is 165 Å². The Kier molecular flexibility index (Phi) is 33.5. The maximum atomic E-state index is 11.1. The number of benzene rings is 6. The maximum Gasteiger partial charge on any atom is 0.496 e. The summed E-state index contributed by atoms with van der Waals surface area (Å²) in [6, 6.07) is 68.1. The van der Waals surface area contributed by atoms with Gasteiger partial charge >= 0.3 is 7.12 Å². The highest BCUT2D eigenvalue weighted by Gasteiger charge is 2.52. The number of nitrogens with zero attached hydrogens (tertiary/aromatic N) is 11. The Labute approximate surface area is 782 Å². The highest BCUT2D eigenvalue weighted by molar-refractivity contribution is 9.10. The molecule has 6 aromatic carbocycles. The number of hydrogen-bond acceptors (Lipinski definition) is 20. The van der Waals surface area contributed by atoms with Crippen LogP contribution in [0.4, 0.5) is 0 Å². The second-order valence-corrected chi connectivity index (χ2v) is 54.9. The van der Waals surface area contributed by atoms with Gasteiger partial charge in [-0.3, -0.25) is 20.1 Å². The van der Waals surface area contributed by atoms with Gasteiger partial charge in [0.1, 0.15) is 60.4 Å². The minimum Gasteiger partial charge on any atom is -0.496 e. The van der Waals surface area contributed by atoms with Crippen LogP contribution in [-0.2, 0) is 37.0 Å². The SMILES string of the molecule is CCOCC[Si](C)(C)C.COc1ccccc1-c1[nH]nc2ncc(-c3cccc(C(O)c4ncccc4C)c3)cc12.COc1ccccc1-c1nn(COCC[Si](C)(C)C)c2ncc(-c3cccc(C(O)c4ncccc4C)c3)cc12.COc1ccccc1-c1nn(COCC[Si](C)(C)C)c2ncc(B3OC(C)(C)C(C)(C)O3)cc12.Cc1cccnc1C(O)c1cccc(Br)c1. The highest BCUT2D eigenvalue weighted by atomic mass is 79.9. The molecule has 0 saturated carbocycles. The molecule has 16 rings (SSSR count). The third-order valence-corrected chi connectivity index (χ3v) is 28.6. The van der Waals surface area contributed by atoms with Crippen LogP contribution in [0.5, 0.6) is 17.2 Å². The van der Waals surface area contributed by atoms with Gasteiger partial charge in [-0.1, -0.05) is 178 Å². The van der Waals surface area contributed by atoms with Crippen LogP contribution in [0.15, 0.2) is 242 Å². The van der Waals surface area contributed by atoms with Crippen LogP contribution in [0.1, 0.15) is 103 Å². The zero-order valence-electron chi connectivity index (χ0n) is 79.1. The first-order valence-corrected chi connectivity index (χ1v) is 56.3. The van der Waals surface area contributed by atoms with Crippen LogP contribution in [0.2, 0.25) is 77.1 Å². The number of aliphatic hydroxyl groups excluding tert-OH is 3. The number of fused-ring (bicyclic) bond motifs is 3. The second kappa shape index (κ2) is 44.4. The summed E-state index contributed by atoms with van der Waals surface area (Å²) in [7, 11) is 1.31. The van der Waals surface area contributed by atoms with E-state index in [1.54, 1.807) is 46.1 Å². The fourth-order valence-corrected chi connectivity index (χ4v) is 17.3. The molecule has 1 saturated heterocycles. The first-order valence-electron chi connectivity index (χ1n) is 44.4. The Balaban J connectivity index is 0.000000158. The number of methoxy groups -OCH3 is 3.